The van der Waals surface area contributed by atoms with E-state index < -0.39 is 5.97 Å². The number of nitrogens with zero attached hydrogens (tertiary/aromatic N) is 4. The SMILES string of the molecule is O=C(OCc1nnc(-c2ccccc2Cl)o1)c1cnccn1. The van der Waals surface area contributed by atoms with Crippen LogP contribution < -0.4 is 0 Å². The Morgan fingerprint density at radius 3 is 2.86 bits per heavy atom. The summed E-state index contributed by atoms with van der Waals surface area (Å²) in [6, 6.07) is 7.07. The average Bonchev–Trinajstić information content (AvgIpc) is 3.02. The molecular weight excluding hydrogens is 308 g/mol. The second-order valence-electron chi connectivity index (χ2n) is 4.15. The number of ether oxygens (including phenoxy) is 1. The van der Waals surface area contributed by atoms with E-state index in [0.29, 0.717) is 10.6 Å². The molecule has 0 aliphatic heterocycles. The predicted octanol–water partition coefficient (Wildman–Crippen LogP) is 2.54. The predicted molar refractivity (Wildman–Crippen MR) is 75.9 cm³/mol. The molecule has 0 unspecified atom stereocenters. The molecule has 0 fully saturated rings. The number of carbonyl (C=O) groups excluding carboxylic acids is 1. The van der Waals surface area contributed by atoms with Crippen molar-refractivity contribution in [2.45, 2.75) is 6.61 Å². The minimum Gasteiger partial charge on any atom is -0.451 e. The standard InChI is InChI=1S/C14H9ClN4O3/c15-10-4-2-1-3-9(10)13-19-18-12(22-13)8-21-14(20)11-7-16-5-6-17-11/h1-7H,8H2. The lowest BCUT2D eigenvalue weighted by Crippen LogP contribution is -2.07. The van der Waals surface area contributed by atoms with Gasteiger partial charge in [-0.15, -0.1) is 10.2 Å². The highest BCUT2D eigenvalue weighted by molar-refractivity contribution is 6.33. The summed E-state index contributed by atoms with van der Waals surface area (Å²) in [6.07, 6.45) is 4.18. The Labute approximate surface area is 129 Å². The van der Waals surface area contributed by atoms with E-state index in [0.717, 1.165) is 0 Å². The number of halogens is 1. The maximum atomic E-state index is 11.7. The first-order valence-electron chi connectivity index (χ1n) is 6.24. The Kier molecular flexibility index (Phi) is 4.06. The fourth-order valence-corrected chi connectivity index (χ4v) is 1.88. The molecule has 0 saturated carbocycles. The van der Waals surface area contributed by atoms with Crippen molar-refractivity contribution in [3.05, 3.63) is 59.5 Å². The largest absolute Gasteiger partial charge is 0.451 e. The van der Waals surface area contributed by atoms with E-state index in [1.807, 2.05) is 0 Å². The Bertz CT molecular complexity index is 792. The summed E-state index contributed by atoms with van der Waals surface area (Å²) in [5, 5.41) is 8.18. The van der Waals surface area contributed by atoms with Gasteiger partial charge < -0.3 is 9.15 Å². The summed E-state index contributed by atoms with van der Waals surface area (Å²) in [5.74, 6) is -0.200. The highest BCUT2D eigenvalue weighted by Crippen LogP contribution is 2.26. The lowest BCUT2D eigenvalue weighted by atomic mass is 10.2. The van der Waals surface area contributed by atoms with Crippen LogP contribution in [0.15, 0.2) is 47.3 Å². The van der Waals surface area contributed by atoms with Crippen LogP contribution in [0.3, 0.4) is 0 Å². The summed E-state index contributed by atoms with van der Waals surface area (Å²) in [7, 11) is 0. The monoisotopic (exact) mass is 316 g/mol. The van der Waals surface area contributed by atoms with Gasteiger partial charge >= 0.3 is 5.97 Å². The Morgan fingerprint density at radius 1 is 1.23 bits per heavy atom. The average molecular weight is 317 g/mol. The van der Waals surface area contributed by atoms with Gasteiger partial charge in [-0.3, -0.25) is 4.98 Å². The first-order valence-corrected chi connectivity index (χ1v) is 6.62. The molecule has 3 aromatic rings. The van der Waals surface area contributed by atoms with Crippen molar-refractivity contribution in [1.29, 1.82) is 0 Å². The van der Waals surface area contributed by atoms with E-state index in [1.165, 1.54) is 18.6 Å². The number of rotatable bonds is 4. The molecule has 0 spiro atoms. The summed E-state index contributed by atoms with van der Waals surface area (Å²) in [4.78, 5) is 19.3. The number of esters is 1. The van der Waals surface area contributed by atoms with E-state index in [-0.39, 0.29) is 24.1 Å². The zero-order valence-electron chi connectivity index (χ0n) is 11.1. The minimum atomic E-state index is -0.620. The highest BCUT2D eigenvalue weighted by atomic mass is 35.5. The van der Waals surface area contributed by atoms with Crippen LogP contribution in [-0.4, -0.2) is 26.1 Å². The molecule has 0 bridgehead atoms. The molecule has 0 amide bonds. The van der Waals surface area contributed by atoms with Crippen molar-refractivity contribution in [2.75, 3.05) is 0 Å². The molecule has 0 aliphatic rings. The molecule has 0 saturated heterocycles. The van der Waals surface area contributed by atoms with Crippen LogP contribution in [0.2, 0.25) is 5.02 Å². The normalized spacial score (nSPS) is 10.4. The van der Waals surface area contributed by atoms with Crippen LogP contribution in [0.4, 0.5) is 0 Å². The van der Waals surface area contributed by atoms with Crippen LogP contribution in [-0.2, 0) is 11.3 Å². The molecule has 7 nitrogen and oxygen atoms in total. The number of benzene rings is 1. The van der Waals surface area contributed by atoms with E-state index in [4.69, 9.17) is 20.8 Å². The Balaban J connectivity index is 1.68. The van der Waals surface area contributed by atoms with E-state index in [2.05, 4.69) is 20.2 Å². The van der Waals surface area contributed by atoms with E-state index >= 15 is 0 Å². The molecule has 1 aromatic carbocycles. The summed E-state index contributed by atoms with van der Waals surface area (Å²) in [5.41, 5.74) is 0.719. The van der Waals surface area contributed by atoms with E-state index in [9.17, 15) is 4.79 Å². The number of hydrogen-bond acceptors (Lipinski definition) is 7. The molecule has 0 aliphatic carbocycles. The van der Waals surface area contributed by atoms with Gasteiger partial charge in [0.15, 0.2) is 12.3 Å². The topological polar surface area (TPSA) is 91.0 Å². The molecule has 22 heavy (non-hydrogen) atoms. The van der Waals surface area contributed by atoms with Crippen LogP contribution in [0.5, 0.6) is 0 Å². The van der Waals surface area contributed by atoms with Crippen molar-refractivity contribution in [2.24, 2.45) is 0 Å². The first-order chi connectivity index (χ1) is 10.7. The molecular formula is C14H9ClN4O3. The van der Waals surface area contributed by atoms with Crippen LogP contribution in [0.1, 0.15) is 16.4 Å². The number of carbonyl (C=O) groups is 1. The Morgan fingerprint density at radius 2 is 2.09 bits per heavy atom. The third kappa shape index (κ3) is 3.09. The fourth-order valence-electron chi connectivity index (χ4n) is 1.66. The number of aromatic nitrogens is 4. The van der Waals surface area contributed by atoms with Gasteiger partial charge in [0.05, 0.1) is 16.8 Å². The van der Waals surface area contributed by atoms with Crippen LogP contribution >= 0.6 is 11.6 Å². The van der Waals surface area contributed by atoms with Gasteiger partial charge in [-0.1, -0.05) is 23.7 Å². The van der Waals surface area contributed by atoms with Crippen molar-refractivity contribution < 1.29 is 13.9 Å². The first kappa shape index (κ1) is 14.2. The second kappa shape index (κ2) is 6.31. The third-order valence-corrected chi connectivity index (χ3v) is 3.00. The zero-order chi connectivity index (χ0) is 15.4. The smallest absolute Gasteiger partial charge is 0.359 e. The minimum absolute atomic E-state index is 0.105. The van der Waals surface area contributed by atoms with Crippen molar-refractivity contribution in [3.63, 3.8) is 0 Å². The quantitative estimate of drug-likeness (QED) is 0.683. The lowest BCUT2D eigenvalue weighted by molar-refractivity contribution is 0.0431. The molecule has 3 rings (SSSR count). The van der Waals surface area contributed by atoms with Crippen molar-refractivity contribution >= 4 is 17.6 Å². The molecule has 0 radical (unpaired) electrons. The summed E-state index contributed by atoms with van der Waals surface area (Å²) >= 11 is 6.05. The maximum Gasteiger partial charge on any atom is 0.359 e. The number of hydrogen-bond donors (Lipinski definition) is 0. The molecule has 0 atom stereocenters. The van der Waals surface area contributed by atoms with Gasteiger partial charge in [0.1, 0.15) is 0 Å². The van der Waals surface area contributed by atoms with Gasteiger partial charge in [0.25, 0.3) is 5.89 Å². The lowest BCUT2D eigenvalue weighted by Gasteiger charge is -2.00. The van der Waals surface area contributed by atoms with Gasteiger partial charge in [-0.2, -0.15) is 0 Å². The zero-order valence-corrected chi connectivity index (χ0v) is 11.9. The van der Waals surface area contributed by atoms with E-state index in [1.54, 1.807) is 24.3 Å². The molecule has 0 N–H and O–H groups in total. The maximum absolute atomic E-state index is 11.7. The van der Waals surface area contributed by atoms with Crippen LogP contribution in [0, 0.1) is 0 Å². The summed E-state index contributed by atoms with van der Waals surface area (Å²) < 4.78 is 10.4. The highest BCUT2D eigenvalue weighted by Gasteiger charge is 2.14. The molecule has 8 heteroatoms. The second-order valence-corrected chi connectivity index (χ2v) is 4.55. The van der Waals surface area contributed by atoms with Gasteiger partial charge in [-0.05, 0) is 12.1 Å². The molecule has 110 valence electrons. The van der Waals surface area contributed by atoms with Crippen LogP contribution in [0.25, 0.3) is 11.5 Å². The van der Waals surface area contributed by atoms with Gasteiger partial charge in [0, 0.05) is 12.4 Å². The Hall–Kier alpha value is -2.80. The van der Waals surface area contributed by atoms with Gasteiger partial charge in [0.2, 0.25) is 5.89 Å². The molecule has 2 aromatic heterocycles. The van der Waals surface area contributed by atoms with Crippen molar-refractivity contribution in [3.8, 4) is 11.5 Å². The van der Waals surface area contributed by atoms with Gasteiger partial charge in [-0.25, -0.2) is 9.78 Å². The fraction of sp³-hybridized carbons (Fsp3) is 0.0714. The molecule has 2 heterocycles. The van der Waals surface area contributed by atoms with Crippen molar-refractivity contribution in [1.82, 2.24) is 20.2 Å². The summed E-state index contributed by atoms with van der Waals surface area (Å²) in [6.45, 7) is -0.160. The third-order valence-electron chi connectivity index (χ3n) is 2.67.